The lowest BCUT2D eigenvalue weighted by Crippen LogP contribution is -2.27. The average molecular weight is 611 g/mol. The summed E-state index contributed by atoms with van der Waals surface area (Å²) < 4.78 is 111. The summed E-state index contributed by atoms with van der Waals surface area (Å²) in [5.41, 5.74) is -2.88. The minimum atomic E-state index is -10.4. The molecule has 0 N–H and O–H groups in total. The molecular weight excluding hydrogens is 598 g/mol. The summed E-state index contributed by atoms with van der Waals surface area (Å²) in [7, 11) is -10.4. The summed E-state index contributed by atoms with van der Waals surface area (Å²) in [5.74, 6) is -1.44. The van der Waals surface area contributed by atoms with Crippen LogP contribution in [-0.2, 0) is 15.7 Å². The maximum Gasteiger partial charge on any atom is 0.416 e. The number of rotatable bonds is 6. The first kappa shape index (κ1) is 25.8. The van der Waals surface area contributed by atoms with Crippen LogP contribution in [0.3, 0.4) is 0 Å². The molecule has 1 heterocycles. The molecule has 0 aliphatic carbocycles. The summed E-state index contributed by atoms with van der Waals surface area (Å²) in [6.07, 6.45) is -4.91. The van der Waals surface area contributed by atoms with Gasteiger partial charge in [0.2, 0.25) is 0 Å². The van der Waals surface area contributed by atoms with Crippen LogP contribution in [0, 0.1) is 0 Å². The minimum absolute atomic E-state index is 0.154. The Labute approximate surface area is 187 Å². The van der Waals surface area contributed by atoms with Gasteiger partial charge in [-0.05, 0) is 32.0 Å². The molecule has 0 saturated carbocycles. The highest BCUT2D eigenvalue weighted by Gasteiger charge is 2.66. The van der Waals surface area contributed by atoms with E-state index in [2.05, 4.69) is 41.9 Å². The molecule has 0 bridgehead atoms. The van der Waals surface area contributed by atoms with E-state index in [1.54, 1.807) is 13.8 Å². The Hall–Kier alpha value is -1.42. The van der Waals surface area contributed by atoms with Crippen LogP contribution in [-0.4, -0.2) is 31.7 Å². The molecule has 31 heavy (non-hydrogen) atoms. The number of hydrogen-bond acceptors (Lipinski definition) is 4. The van der Waals surface area contributed by atoms with Gasteiger partial charge in [-0.3, -0.25) is 4.79 Å². The van der Waals surface area contributed by atoms with Crippen molar-refractivity contribution in [2.45, 2.75) is 40.8 Å². The fraction of sp³-hybridized carbons (Fsp3) is 0.400. The third kappa shape index (κ3) is 6.54. The molecule has 0 fully saturated rings. The fourth-order valence-corrected chi connectivity index (χ4v) is 3.65. The van der Waals surface area contributed by atoms with E-state index in [1.165, 1.54) is 0 Å². The highest BCUT2D eigenvalue weighted by molar-refractivity contribution is 9.12. The number of halogens is 10. The lowest BCUT2D eigenvalue weighted by atomic mass is 10.1. The number of nitrogens with zero attached hydrogens (tertiary/aromatic N) is 3. The van der Waals surface area contributed by atoms with Crippen LogP contribution >= 0.6 is 42.1 Å². The molecule has 2 unspecified atom stereocenters. The van der Waals surface area contributed by atoms with Crippen molar-refractivity contribution in [3.05, 3.63) is 30.1 Å². The Morgan fingerprint density at radius 2 is 1.68 bits per heavy atom. The van der Waals surface area contributed by atoms with Gasteiger partial charge in [-0.15, -0.1) is 5.10 Å². The highest BCUT2D eigenvalue weighted by atomic mass is 79.9. The van der Waals surface area contributed by atoms with E-state index in [1.807, 2.05) is 0 Å². The van der Waals surface area contributed by atoms with Gasteiger partial charge < -0.3 is 4.74 Å². The van der Waals surface area contributed by atoms with Gasteiger partial charge in [-0.1, -0.05) is 51.3 Å². The van der Waals surface area contributed by atoms with Crippen LogP contribution in [0.25, 0.3) is 11.4 Å². The van der Waals surface area contributed by atoms with Crippen molar-refractivity contribution in [2.75, 3.05) is 0 Å². The maximum atomic E-state index is 13.2. The van der Waals surface area contributed by atoms with E-state index in [9.17, 15) is 37.4 Å². The zero-order valence-electron chi connectivity index (χ0n) is 15.4. The molecule has 0 amide bonds. The molecule has 1 aromatic carbocycles. The molecule has 0 radical (unpaired) electrons. The summed E-state index contributed by atoms with van der Waals surface area (Å²) in [4.78, 5) is 10.7. The summed E-state index contributed by atoms with van der Waals surface area (Å²) in [6.45, 7) is 3.16. The zero-order valence-corrected chi connectivity index (χ0v) is 19.4. The van der Waals surface area contributed by atoms with Gasteiger partial charge in [0.15, 0.2) is 5.82 Å². The third-order valence-electron chi connectivity index (χ3n) is 3.52. The average Bonchev–Trinajstić information content (AvgIpc) is 3.06. The van der Waals surface area contributed by atoms with Crippen LogP contribution in [0.4, 0.5) is 32.6 Å². The SMILES string of the molecule is CC(C)OC(=O)C(Br)C(Br)n1cnc(-c2cc(C(F)(F)F)cc(S(F)(F)(F)(F)F)c2)n1. The van der Waals surface area contributed by atoms with Gasteiger partial charge in [0.1, 0.15) is 21.0 Å². The van der Waals surface area contributed by atoms with Crippen LogP contribution < -0.4 is 0 Å². The van der Waals surface area contributed by atoms with E-state index in [-0.39, 0.29) is 12.1 Å². The van der Waals surface area contributed by atoms with Crippen molar-refractivity contribution in [1.29, 1.82) is 0 Å². The number of benzene rings is 1. The predicted octanol–water partition coefficient (Wildman–Crippen LogP) is 7.23. The van der Waals surface area contributed by atoms with Crippen LogP contribution in [0.5, 0.6) is 0 Å². The Morgan fingerprint density at radius 1 is 1.10 bits per heavy atom. The summed E-state index contributed by atoms with van der Waals surface area (Å²) in [5, 5.41) is 3.71. The monoisotopic (exact) mass is 609 g/mol. The van der Waals surface area contributed by atoms with E-state index < -0.39 is 66.2 Å². The molecule has 2 rings (SSSR count). The van der Waals surface area contributed by atoms with Gasteiger partial charge in [0.25, 0.3) is 0 Å². The summed E-state index contributed by atoms with van der Waals surface area (Å²) >= 11 is 6.10. The number of hydrogen-bond donors (Lipinski definition) is 0. The van der Waals surface area contributed by atoms with E-state index >= 15 is 0 Å². The van der Waals surface area contributed by atoms with Gasteiger partial charge in [0.05, 0.1) is 11.7 Å². The molecule has 16 heteroatoms. The van der Waals surface area contributed by atoms with E-state index in [0.29, 0.717) is 0 Å². The largest absolute Gasteiger partial charge is 0.462 e. The lowest BCUT2D eigenvalue weighted by Gasteiger charge is -2.40. The van der Waals surface area contributed by atoms with Gasteiger partial charge >= 0.3 is 22.4 Å². The molecule has 0 saturated heterocycles. The van der Waals surface area contributed by atoms with Crippen molar-refractivity contribution >= 4 is 48.1 Å². The quantitative estimate of drug-likeness (QED) is 0.197. The first-order valence-corrected chi connectivity index (χ1v) is 11.8. The van der Waals surface area contributed by atoms with Crippen molar-refractivity contribution < 1.29 is 42.1 Å². The van der Waals surface area contributed by atoms with Gasteiger partial charge in [-0.2, -0.15) is 13.2 Å². The Morgan fingerprint density at radius 3 is 2.16 bits per heavy atom. The number of aromatic nitrogens is 3. The van der Waals surface area contributed by atoms with Crippen LogP contribution in [0.15, 0.2) is 29.4 Å². The molecule has 2 aromatic rings. The van der Waals surface area contributed by atoms with Crippen molar-refractivity contribution in [3.63, 3.8) is 0 Å². The van der Waals surface area contributed by atoms with Crippen molar-refractivity contribution in [2.24, 2.45) is 0 Å². The normalized spacial score (nSPS) is 17.1. The second kappa shape index (κ2) is 7.57. The standard InChI is InChI=1S/C15H13Br2F8N3O2S/c1-7(2)30-14(29)11(16)12(17)28-6-26-13(27-28)8-3-9(15(18,19)20)5-10(4-8)31(21,22,23,24)25/h3-7,11-12H,1-2H3. The van der Waals surface area contributed by atoms with Gasteiger partial charge in [0, 0.05) is 5.56 Å². The smallest absolute Gasteiger partial charge is 0.416 e. The van der Waals surface area contributed by atoms with Crippen molar-refractivity contribution in [1.82, 2.24) is 14.8 Å². The number of ether oxygens (including phenoxy) is 1. The number of esters is 1. The van der Waals surface area contributed by atoms with E-state index in [0.717, 1.165) is 11.0 Å². The number of carbonyl (C=O) groups excluding carboxylic acids is 1. The molecule has 5 nitrogen and oxygen atoms in total. The first-order chi connectivity index (χ1) is 13.7. The molecule has 2 atom stereocenters. The molecule has 1 aromatic heterocycles. The second-order valence-corrected chi connectivity index (χ2v) is 10.9. The minimum Gasteiger partial charge on any atom is -0.462 e. The fourth-order valence-electron chi connectivity index (χ4n) is 2.18. The third-order valence-corrected chi connectivity index (χ3v) is 7.18. The van der Waals surface area contributed by atoms with Crippen LogP contribution in [0.1, 0.15) is 24.4 Å². The molecule has 176 valence electrons. The maximum absolute atomic E-state index is 13.2. The highest BCUT2D eigenvalue weighted by Crippen LogP contribution is 3.02. The van der Waals surface area contributed by atoms with Crippen molar-refractivity contribution in [3.8, 4) is 11.4 Å². The van der Waals surface area contributed by atoms with E-state index in [4.69, 9.17) is 4.74 Å². The Balaban J connectivity index is 2.51. The lowest BCUT2D eigenvalue weighted by molar-refractivity contribution is -0.146. The number of alkyl halides is 5. The molecule has 0 aliphatic rings. The molecular formula is C15H13Br2F8N3O2S. The first-order valence-electron chi connectivity index (χ1n) is 8.05. The summed E-state index contributed by atoms with van der Waals surface area (Å²) in [6, 6.07) is -0.599. The molecule has 0 aliphatic heterocycles. The van der Waals surface area contributed by atoms with Crippen LogP contribution in [0.2, 0.25) is 0 Å². The second-order valence-electron chi connectivity index (χ2n) is 6.52. The molecule has 0 spiro atoms. The predicted molar refractivity (Wildman–Crippen MR) is 104 cm³/mol. The number of carbonyl (C=O) groups is 1. The Kier molecular flexibility index (Phi) is 6.31. The van der Waals surface area contributed by atoms with Gasteiger partial charge in [-0.25, -0.2) is 9.67 Å². The Bertz CT molecular complexity index is 995. The topological polar surface area (TPSA) is 57.0 Å². The zero-order chi connectivity index (χ0) is 24.1.